The summed E-state index contributed by atoms with van der Waals surface area (Å²) in [7, 11) is 1.59. The summed E-state index contributed by atoms with van der Waals surface area (Å²) in [5, 5.41) is 3.49. The minimum Gasteiger partial charge on any atom is -0.497 e. The molecule has 8 heteroatoms. The average Bonchev–Trinajstić information content (AvgIpc) is 3.32. The third-order valence-corrected chi connectivity index (χ3v) is 6.03. The largest absolute Gasteiger partial charge is 0.497 e. The van der Waals surface area contributed by atoms with Crippen molar-refractivity contribution in [2.24, 2.45) is 0 Å². The number of amides is 2. The number of imidazole rings is 1. The molecule has 1 heterocycles. The van der Waals surface area contributed by atoms with Crippen molar-refractivity contribution < 1.29 is 14.3 Å². The van der Waals surface area contributed by atoms with E-state index in [1.807, 2.05) is 61.7 Å². The molecule has 0 atom stereocenters. The molecule has 1 N–H and O–H groups in total. The number of aryl methyl sites for hydroxylation is 1. The quantitative estimate of drug-likeness (QED) is 0.287. The molecule has 4 aromatic rings. The Kier molecular flexibility index (Phi) is 8.05. The Morgan fingerprint density at radius 2 is 1.86 bits per heavy atom. The molecule has 2 amide bonds. The molecule has 0 fully saturated rings. The molecule has 4 rings (SSSR count). The van der Waals surface area contributed by atoms with Gasteiger partial charge in [0.2, 0.25) is 11.9 Å². The van der Waals surface area contributed by atoms with Crippen LogP contribution in [0.4, 0.5) is 5.95 Å². The van der Waals surface area contributed by atoms with Gasteiger partial charge in [0.15, 0.2) is 0 Å². The summed E-state index contributed by atoms with van der Waals surface area (Å²) >= 11 is 6.05. The van der Waals surface area contributed by atoms with Crippen LogP contribution in [-0.4, -0.2) is 46.5 Å². The zero-order chi connectivity index (χ0) is 26.4. The molecule has 3 aromatic carbocycles. The minimum absolute atomic E-state index is 0.166. The highest BCUT2D eigenvalue weighted by atomic mass is 35.5. The number of carbonyl (C=O) groups excluding carboxylic acids is 2. The summed E-state index contributed by atoms with van der Waals surface area (Å²) in [4.78, 5) is 32.5. The Bertz CT molecular complexity index is 1430. The predicted octanol–water partition coefficient (Wildman–Crippen LogP) is 5.78. The number of nitrogens with one attached hydrogen (secondary N) is 1. The number of methoxy groups -OCH3 is 1. The maximum atomic E-state index is 13.2. The molecular weight excluding hydrogens is 488 g/mol. The molecule has 0 aliphatic carbocycles. The zero-order valence-electron chi connectivity index (χ0n) is 20.6. The number of hydrogen-bond donors (Lipinski definition) is 1. The fraction of sp³-hybridized carbons (Fsp3) is 0.138. The Morgan fingerprint density at radius 1 is 1.11 bits per heavy atom. The molecule has 0 saturated heterocycles. The van der Waals surface area contributed by atoms with Crippen LogP contribution in [0.5, 0.6) is 5.75 Å². The number of aromatic nitrogens is 2. The van der Waals surface area contributed by atoms with Gasteiger partial charge in [-0.15, -0.1) is 6.58 Å². The number of halogens is 1. The first-order chi connectivity index (χ1) is 17.9. The van der Waals surface area contributed by atoms with Crippen molar-refractivity contribution in [3.63, 3.8) is 0 Å². The number of benzene rings is 3. The number of nitrogens with zero attached hydrogens (tertiary/aromatic N) is 3. The van der Waals surface area contributed by atoms with Crippen molar-refractivity contribution in [1.82, 2.24) is 14.5 Å². The molecule has 0 bridgehead atoms. The van der Waals surface area contributed by atoms with Crippen LogP contribution in [-0.2, 0) is 4.79 Å². The zero-order valence-corrected chi connectivity index (χ0v) is 21.4. The van der Waals surface area contributed by atoms with Gasteiger partial charge in [-0.3, -0.25) is 19.5 Å². The van der Waals surface area contributed by atoms with Gasteiger partial charge in [-0.05, 0) is 42.8 Å². The lowest BCUT2D eigenvalue weighted by atomic mass is 10.1. The second kappa shape index (κ2) is 11.6. The van der Waals surface area contributed by atoms with E-state index in [2.05, 4.69) is 16.9 Å². The van der Waals surface area contributed by atoms with Crippen LogP contribution in [0.1, 0.15) is 15.9 Å². The van der Waals surface area contributed by atoms with Gasteiger partial charge in [0.05, 0.1) is 18.5 Å². The molecule has 1 aromatic heterocycles. The summed E-state index contributed by atoms with van der Waals surface area (Å²) < 4.78 is 7.14. The van der Waals surface area contributed by atoms with E-state index in [1.165, 1.54) is 4.90 Å². The first kappa shape index (κ1) is 25.7. The van der Waals surface area contributed by atoms with Gasteiger partial charge in [0.1, 0.15) is 12.3 Å². The van der Waals surface area contributed by atoms with E-state index in [0.717, 1.165) is 16.8 Å². The molecule has 0 radical (unpaired) electrons. The van der Waals surface area contributed by atoms with Crippen LogP contribution in [0, 0.1) is 6.92 Å². The lowest BCUT2D eigenvalue weighted by molar-refractivity contribution is -0.116. The average molecular weight is 515 g/mol. The lowest BCUT2D eigenvalue weighted by Gasteiger charge is -2.21. The van der Waals surface area contributed by atoms with E-state index in [9.17, 15) is 9.59 Å². The van der Waals surface area contributed by atoms with Crippen LogP contribution in [0.3, 0.4) is 0 Å². The standard InChI is InChI=1S/C29H27ClN4O3/c1-4-16-33(28(36)25-11-6-5-8-20(25)2)19-27(35)32-29-31-26(21-12-14-22(30)15-13-21)18-34(29)23-9-7-10-24(17-23)37-3/h4-15,17-18H,1,16,19H2,2-3H3,(H,31,32,35). The van der Waals surface area contributed by atoms with Gasteiger partial charge in [0, 0.05) is 35.0 Å². The minimum atomic E-state index is -0.388. The lowest BCUT2D eigenvalue weighted by Crippen LogP contribution is -2.38. The monoisotopic (exact) mass is 514 g/mol. The number of rotatable bonds is 9. The van der Waals surface area contributed by atoms with E-state index in [-0.39, 0.29) is 24.9 Å². The summed E-state index contributed by atoms with van der Waals surface area (Å²) in [5.41, 5.74) is 3.61. The summed E-state index contributed by atoms with van der Waals surface area (Å²) in [6.45, 7) is 5.66. The van der Waals surface area contributed by atoms with Gasteiger partial charge in [0.25, 0.3) is 5.91 Å². The van der Waals surface area contributed by atoms with Gasteiger partial charge >= 0.3 is 0 Å². The van der Waals surface area contributed by atoms with Crippen molar-refractivity contribution in [3.05, 3.63) is 108 Å². The Balaban J connectivity index is 1.64. The third kappa shape index (κ3) is 6.08. The maximum absolute atomic E-state index is 13.2. The van der Waals surface area contributed by atoms with Gasteiger partial charge in [-0.2, -0.15) is 0 Å². The molecule has 37 heavy (non-hydrogen) atoms. The summed E-state index contributed by atoms with van der Waals surface area (Å²) in [6, 6.07) is 22.0. The van der Waals surface area contributed by atoms with Crippen molar-refractivity contribution in [2.75, 3.05) is 25.5 Å². The van der Waals surface area contributed by atoms with E-state index in [4.69, 9.17) is 16.3 Å². The smallest absolute Gasteiger partial charge is 0.254 e. The molecule has 0 saturated carbocycles. The highest BCUT2D eigenvalue weighted by Gasteiger charge is 2.21. The molecule has 0 aliphatic rings. The fourth-order valence-electron chi connectivity index (χ4n) is 3.88. The van der Waals surface area contributed by atoms with E-state index in [0.29, 0.717) is 28.0 Å². The van der Waals surface area contributed by atoms with Crippen molar-refractivity contribution >= 4 is 29.4 Å². The molecule has 0 aliphatic heterocycles. The van der Waals surface area contributed by atoms with Crippen LogP contribution in [0.15, 0.2) is 91.6 Å². The van der Waals surface area contributed by atoms with Gasteiger partial charge in [-0.25, -0.2) is 4.98 Å². The Morgan fingerprint density at radius 3 is 2.57 bits per heavy atom. The van der Waals surface area contributed by atoms with Crippen LogP contribution >= 0.6 is 11.6 Å². The number of ether oxygens (including phenoxy) is 1. The van der Waals surface area contributed by atoms with Crippen LogP contribution in [0.25, 0.3) is 16.9 Å². The highest BCUT2D eigenvalue weighted by molar-refractivity contribution is 6.30. The Labute approximate surface area is 221 Å². The first-order valence-electron chi connectivity index (χ1n) is 11.6. The van der Waals surface area contributed by atoms with Gasteiger partial charge in [-0.1, -0.05) is 54.1 Å². The first-order valence-corrected chi connectivity index (χ1v) is 12.0. The van der Waals surface area contributed by atoms with E-state index in [1.54, 1.807) is 42.0 Å². The van der Waals surface area contributed by atoms with E-state index >= 15 is 0 Å². The second-order valence-electron chi connectivity index (χ2n) is 8.37. The molecule has 7 nitrogen and oxygen atoms in total. The highest BCUT2D eigenvalue weighted by Crippen LogP contribution is 2.27. The SMILES string of the molecule is C=CCN(CC(=O)Nc1nc(-c2ccc(Cl)cc2)cn1-c1cccc(OC)c1)C(=O)c1ccccc1C. The number of carbonyl (C=O) groups is 2. The van der Waals surface area contributed by atoms with Crippen LogP contribution in [0.2, 0.25) is 5.02 Å². The summed E-state index contributed by atoms with van der Waals surface area (Å²) in [6.07, 6.45) is 3.42. The van der Waals surface area contributed by atoms with Crippen molar-refractivity contribution in [3.8, 4) is 22.7 Å². The predicted molar refractivity (Wildman–Crippen MR) is 146 cm³/mol. The molecular formula is C29H27ClN4O3. The fourth-order valence-corrected chi connectivity index (χ4v) is 4.01. The normalized spacial score (nSPS) is 10.6. The summed E-state index contributed by atoms with van der Waals surface area (Å²) in [5.74, 6) is 0.343. The topological polar surface area (TPSA) is 76.5 Å². The molecule has 0 spiro atoms. The number of anilines is 1. The van der Waals surface area contributed by atoms with Crippen LogP contribution < -0.4 is 10.1 Å². The third-order valence-electron chi connectivity index (χ3n) is 5.78. The maximum Gasteiger partial charge on any atom is 0.254 e. The molecule has 188 valence electrons. The van der Waals surface area contributed by atoms with Crippen molar-refractivity contribution in [1.29, 1.82) is 0 Å². The van der Waals surface area contributed by atoms with E-state index < -0.39 is 0 Å². The molecule has 0 unspecified atom stereocenters. The van der Waals surface area contributed by atoms with Gasteiger partial charge < -0.3 is 9.64 Å². The second-order valence-corrected chi connectivity index (χ2v) is 8.80. The Hall–Kier alpha value is -4.36. The number of hydrogen-bond acceptors (Lipinski definition) is 4. The van der Waals surface area contributed by atoms with Crippen molar-refractivity contribution in [2.45, 2.75) is 6.92 Å².